The molecule has 0 fully saturated rings. The quantitative estimate of drug-likeness (QED) is 0.925. The molecule has 0 aliphatic heterocycles. The first-order valence-corrected chi connectivity index (χ1v) is 6.32. The average Bonchev–Trinajstić information content (AvgIpc) is 2.96. The largest absolute Gasteiger partial charge is 0.440 e. The van der Waals surface area contributed by atoms with E-state index in [0.29, 0.717) is 12.3 Å². The van der Waals surface area contributed by atoms with Gasteiger partial charge < -0.3 is 10.1 Å². The Morgan fingerprint density at radius 1 is 1.25 bits per heavy atom. The standard InChI is InChI=1S/C14H15N3O3/c1-2-9-15-13(18)12-8-10-17(16-12)14(19)20-11-6-4-3-5-7-11/h3-8,10H,2,9H2,1H3,(H,15,18). The summed E-state index contributed by atoms with van der Waals surface area (Å²) in [5.74, 6) is 0.114. The minimum absolute atomic E-state index is 0.184. The van der Waals surface area contributed by atoms with Gasteiger partial charge in [0, 0.05) is 12.7 Å². The summed E-state index contributed by atoms with van der Waals surface area (Å²) in [7, 11) is 0. The molecule has 0 radical (unpaired) electrons. The molecule has 0 aliphatic carbocycles. The maximum Gasteiger partial charge on any atom is 0.440 e. The number of nitrogens with one attached hydrogen (secondary N) is 1. The van der Waals surface area contributed by atoms with Crippen LogP contribution in [0.25, 0.3) is 0 Å². The number of hydrogen-bond donors (Lipinski definition) is 1. The van der Waals surface area contributed by atoms with E-state index in [-0.39, 0.29) is 11.6 Å². The summed E-state index contributed by atoms with van der Waals surface area (Å²) >= 11 is 0. The van der Waals surface area contributed by atoms with Crippen molar-refractivity contribution in [2.45, 2.75) is 13.3 Å². The predicted octanol–water partition coefficient (Wildman–Crippen LogP) is 2.07. The number of nitrogens with zero attached hydrogens (tertiary/aromatic N) is 2. The van der Waals surface area contributed by atoms with E-state index in [1.54, 1.807) is 24.3 Å². The zero-order valence-electron chi connectivity index (χ0n) is 11.1. The smallest absolute Gasteiger partial charge is 0.409 e. The van der Waals surface area contributed by atoms with Gasteiger partial charge in [-0.25, -0.2) is 4.79 Å². The van der Waals surface area contributed by atoms with E-state index in [2.05, 4.69) is 10.4 Å². The molecule has 1 aromatic carbocycles. The Labute approximate surface area is 116 Å². The van der Waals surface area contributed by atoms with Gasteiger partial charge >= 0.3 is 6.09 Å². The minimum atomic E-state index is -0.661. The number of aromatic nitrogens is 2. The summed E-state index contributed by atoms with van der Waals surface area (Å²) in [6.45, 7) is 2.52. The Bertz CT molecular complexity index is 593. The first-order chi connectivity index (χ1) is 9.70. The molecule has 6 heteroatoms. The van der Waals surface area contributed by atoms with Gasteiger partial charge in [-0.05, 0) is 24.6 Å². The lowest BCUT2D eigenvalue weighted by molar-refractivity contribution is 0.0948. The topological polar surface area (TPSA) is 73.2 Å². The first-order valence-electron chi connectivity index (χ1n) is 6.32. The van der Waals surface area contributed by atoms with Crippen molar-refractivity contribution in [2.75, 3.05) is 6.54 Å². The minimum Gasteiger partial charge on any atom is -0.409 e. The number of ether oxygens (including phenoxy) is 1. The molecule has 2 rings (SSSR count). The molecular weight excluding hydrogens is 258 g/mol. The van der Waals surface area contributed by atoms with Crippen molar-refractivity contribution in [1.82, 2.24) is 15.1 Å². The van der Waals surface area contributed by atoms with E-state index in [9.17, 15) is 9.59 Å². The second kappa shape index (κ2) is 6.51. The average molecular weight is 273 g/mol. The number of amides is 1. The number of hydrogen-bond acceptors (Lipinski definition) is 4. The molecule has 0 atom stereocenters. The Hall–Kier alpha value is -2.63. The fraction of sp³-hybridized carbons (Fsp3) is 0.214. The van der Waals surface area contributed by atoms with Gasteiger partial charge in [0.15, 0.2) is 5.69 Å². The maximum absolute atomic E-state index is 11.8. The number of benzene rings is 1. The fourth-order valence-electron chi connectivity index (χ4n) is 1.51. The highest BCUT2D eigenvalue weighted by Crippen LogP contribution is 2.09. The SMILES string of the molecule is CCCNC(=O)c1ccn(C(=O)Oc2ccccc2)n1. The van der Waals surface area contributed by atoms with Gasteiger partial charge in [0.2, 0.25) is 0 Å². The van der Waals surface area contributed by atoms with E-state index >= 15 is 0 Å². The highest BCUT2D eigenvalue weighted by Gasteiger charge is 2.13. The summed E-state index contributed by atoms with van der Waals surface area (Å²) < 4.78 is 6.10. The Morgan fingerprint density at radius 2 is 2.00 bits per heavy atom. The lowest BCUT2D eigenvalue weighted by Crippen LogP contribution is -2.25. The van der Waals surface area contributed by atoms with Crippen LogP contribution in [0.3, 0.4) is 0 Å². The molecule has 0 spiro atoms. The van der Waals surface area contributed by atoms with Crippen LogP contribution in [0.5, 0.6) is 5.75 Å². The van der Waals surface area contributed by atoms with Gasteiger partial charge in [-0.1, -0.05) is 25.1 Å². The zero-order chi connectivity index (χ0) is 14.4. The van der Waals surface area contributed by atoms with Crippen LogP contribution < -0.4 is 10.1 Å². The lowest BCUT2D eigenvalue weighted by atomic mass is 10.3. The van der Waals surface area contributed by atoms with Crippen LogP contribution in [0, 0.1) is 0 Å². The van der Waals surface area contributed by atoms with E-state index < -0.39 is 6.09 Å². The number of rotatable bonds is 4. The molecule has 0 aliphatic rings. The third kappa shape index (κ3) is 3.44. The molecule has 0 unspecified atom stereocenters. The van der Waals surface area contributed by atoms with Crippen molar-refractivity contribution >= 4 is 12.0 Å². The van der Waals surface area contributed by atoms with Gasteiger partial charge in [-0.3, -0.25) is 4.79 Å². The highest BCUT2D eigenvalue weighted by atomic mass is 16.6. The highest BCUT2D eigenvalue weighted by molar-refractivity contribution is 5.92. The molecule has 0 saturated heterocycles. The van der Waals surface area contributed by atoms with Gasteiger partial charge in [-0.2, -0.15) is 9.78 Å². The molecule has 1 aromatic heterocycles. The van der Waals surface area contributed by atoms with E-state index in [1.807, 2.05) is 13.0 Å². The van der Waals surface area contributed by atoms with Crippen molar-refractivity contribution in [3.8, 4) is 5.75 Å². The van der Waals surface area contributed by atoms with Crippen molar-refractivity contribution < 1.29 is 14.3 Å². The molecule has 6 nitrogen and oxygen atoms in total. The monoisotopic (exact) mass is 273 g/mol. The third-order valence-corrected chi connectivity index (χ3v) is 2.49. The van der Waals surface area contributed by atoms with E-state index in [1.165, 1.54) is 12.3 Å². The Morgan fingerprint density at radius 3 is 2.70 bits per heavy atom. The molecule has 1 N–H and O–H groups in total. The summed E-state index contributed by atoms with van der Waals surface area (Å²) in [5.41, 5.74) is 0.184. The first kappa shape index (κ1) is 13.8. The normalized spacial score (nSPS) is 10.1. The molecule has 20 heavy (non-hydrogen) atoms. The zero-order valence-corrected chi connectivity index (χ0v) is 11.1. The molecule has 1 amide bonds. The van der Waals surface area contributed by atoms with Gasteiger partial charge in [0.1, 0.15) is 5.75 Å². The van der Waals surface area contributed by atoms with Crippen LogP contribution >= 0.6 is 0 Å². The summed E-state index contributed by atoms with van der Waals surface area (Å²) in [6.07, 6.45) is 1.57. The van der Waals surface area contributed by atoms with Crippen molar-refractivity contribution in [2.24, 2.45) is 0 Å². The number of carbonyl (C=O) groups is 2. The van der Waals surface area contributed by atoms with E-state index in [0.717, 1.165) is 11.1 Å². The Kier molecular flexibility index (Phi) is 4.49. The number of para-hydroxylation sites is 1. The van der Waals surface area contributed by atoms with Gasteiger partial charge in [0.25, 0.3) is 5.91 Å². The van der Waals surface area contributed by atoms with Crippen LogP contribution in [0.1, 0.15) is 23.8 Å². The van der Waals surface area contributed by atoms with Crippen LogP contribution in [-0.4, -0.2) is 28.3 Å². The van der Waals surface area contributed by atoms with Crippen LogP contribution in [-0.2, 0) is 0 Å². The molecule has 0 bridgehead atoms. The summed E-state index contributed by atoms with van der Waals surface area (Å²) in [5, 5.41) is 6.57. The Balaban J connectivity index is 2.01. The molecule has 2 aromatic rings. The third-order valence-electron chi connectivity index (χ3n) is 2.49. The second-order valence-electron chi connectivity index (χ2n) is 4.08. The predicted molar refractivity (Wildman–Crippen MR) is 72.7 cm³/mol. The molecule has 104 valence electrons. The van der Waals surface area contributed by atoms with Crippen molar-refractivity contribution in [3.63, 3.8) is 0 Å². The molecule has 0 saturated carbocycles. The van der Waals surface area contributed by atoms with Crippen LogP contribution in [0.15, 0.2) is 42.6 Å². The van der Waals surface area contributed by atoms with Crippen molar-refractivity contribution in [3.05, 3.63) is 48.3 Å². The van der Waals surface area contributed by atoms with Crippen LogP contribution in [0.2, 0.25) is 0 Å². The number of carbonyl (C=O) groups excluding carboxylic acids is 2. The second-order valence-corrected chi connectivity index (χ2v) is 4.08. The molecular formula is C14H15N3O3. The maximum atomic E-state index is 11.8. The van der Waals surface area contributed by atoms with Crippen LogP contribution in [0.4, 0.5) is 4.79 Å². The lowest BCUT2D eigenvalue weighted by Gasteiger charge is -2.03. The fourth-order valence-corrected chi connectivity index (χ4v) is 1.51. The summed E-state index contributed by atoms with van der Waals surface area (Å²) in [4.78, 5) is 23.5. The molecule has 1 heterocycles. The van der Waals surface area contributed by atoms with E-state index in [4.69, 9.17) is 4.74 Å². The van der Waals surface area contributed by atoms with Gasteiger partial charge in [0.05, 0.1) is 0 Å². The van der Waals surface area contributed by atoms with Gasteiger partial charge in [-0.15, -0.1) is 0 Å². The van der Waals surface area contributed by atoms with Crippen molar-refractivity contribution in [1.29, 1.82) is 0 Å². The summed E-state index contributed by atoms with van der Waals surface area (Å²) in [6, 6.07) is 10.1.